The maximum atomic E-state index is 13.3. The minimum atomic E-state index is -2.14. The van der Waals surface area contributed by atoms with Crippen LogP contribution in [0, 0.1) is 11.8 Å². The summed E-state index contributed by atoms with van der Waals surface area (Å²) in [6.07, 6.45) is 3.84. The van der Waals surface area contributed by atoms with Crippen molar-refractivity contribution < 1.29 is 18.4 Å². The fourth-order valence-corrected chi connectivity index (χ4v) is 12.6. The van der Waals surface area contributed by atoms with Crippen molar-refractivity contribution in [3.8, 4) is 0 Å². The zero-order valence-corrected chi connectivity index (χ0v) is 26.3. The van der Waals surface area contributed by atoms with Crippen molar-refractivity contribution in [1.29, 1.82) is 0 Å². The minimum Gasteiger partial charge on any atom is -0.546 e. The standard InChI is InChI=1S/C28H52O4Si2/c1-18(2)34(19(3)4,20(5)6)31-24-17-21(7)26(32-33(12,13)28(8,9)10)25(27(29)30-11)23-16-14-15-22(23)24/h18-21,23H,14-17H2,1-13H3/t21-,23+/m1/s1. The van der Waals surface area contributed by atoms with Gasteiger partial charge in [0.1, 0.15) is 0 Å². The van der Waals surface area contributed by atoms with Crippen LogP contribution < -0.4 is 0 Å². The van der Waals surface area contributed by atoms with E-state index in [2.05, 4.69) is 82.3 Å². The number of ether oxygens (including phenoxy) is 1. The van der Waals surface area contributed by atoms with Crippen molar-refractivity contribution in [2.24, 2.45) is 11.8 Å². The fourth-order valence-electron chi connectivity index (χ4n) is 6.05. The van der Waals surface area contributed by atoms with Crippen LogP contribution in [0.1, 0.15) is 94.9 Å². The second-order valence-electron chi connectivity index (χ2n) is 13.0. The molecule has 0 aromatic rings. The Morgan fingerprint density at radius 1 is 0.971 bits per heavy atom. The summed E-state index contributed by atoms with van der Waals surface area (Å²) in [5.41, 5.74) is 3.62. The van der Waals surface area contributed by atoms with E-state index in [1.807, 2.05) is 0 Å². The zero-order chi connectivity index (χ0) is 26.2. The number of methoxy groups -OCH3 is 1. The quantitative estimate of drug-likeness (QED) is 0.243. The summed E-state index contributed by atoms with van der Waals surface area (Å²) in [5.74, 6) is 1.92. The summed E-state index contributed by atoms with van der Waals surface area (Å²) in [4.78, 5) is 13.3. The molecule has 196 valence electrons. The Labute approximate surface area is 212 Å². The maximum Gasteiger partial charge on any atom is 0.337 e. The van der Waals surface area contributed by atoms with Crippen molar-refractivity contribution in [2.45, 2.75) is 130 Å². The molecule has 0 aromatic heterocycles. The summed E-state index contributed by atoms with van der Waals surface area (Å²) in [7, 11) is -2.75. The van der Waals surface area contributed by atoms with Crippen molar-refractivity contribution in [3.05, 3.63) is 22.7 Å². The fraction of sp³-hybridized carbons (Fsp3) is 0.821. The summed E-state index contributed by atoms with van der Waals surface area (Å²) in [5, 5.41) is 0.0491. The number of allylic oxidation sites excluding steroid dienone is 3. The molecular formula is C28H52O4Si2. The molecule has 2 aliphatic rings. The summed E-state index contributed by atoms with van der Waals surface area (Å²) < 4.78 is 19.6. The van der Waals surface area contributed by atoms with Gasteiger partial charge in [0.15, 0.2) is 0 Å². The second-order valence-corrected chi connectivity index (χ2v) is 23.2. The van der Waals surface area contributed by atoms with Gasteiger partial charge in [-0.1, -0.05) is 69.2 Å². The van der Waals surface area contributed by atoms with Gasteiger partial charge in [0.2, 0.25) is 8.32 Å². The average Bonchev–Trinajstić information content (AvgIpc) is 3.14. The number of carbonyl (C=O) groups excluding carboxylic acids is 1. The molecule has 0 heterocycles. The molecular weight excluding hydrogens is 456 g/mol. The maximum absolute atomic E-state index is 13.3. The molecule has 0 bridgehead atoms. The van der Waals surface area contributed by atoms with Crippen LogP contribution >= 0.6 is 0 Å². The lowest BCUT2D eigenvalue weighted by atomic mass is 9.92. The monoisotopic (exact) mass is 508 g/mol. The van der Waals surface area contributed by atoms with Crippen LogP contribution in [0.4, 0.5) is 0 Å². The highest BCUT2D eigenvalue weighted by Gasteiger charge is 2.50. The van der Waals surface area contributed by atoms with Crippen LogP contribution in [0.15, 0.2) is 22.7 Å². The SMILES string of the molecule is COC(=O)C1=C(O[Si](C)(C)C(C)(C)C)[C@H](C)CC(O[Si](C(C)C)(C(C)C)C(C)C)=C2CCC[C@@H]21. The van der Waals surface area contributed by atoms with Crippen LogP contribution in [0.5, 0.6) is 0 Å². The predicted octanol–water partition coefficient (Wildman–Crippen LogP) is 8.72. The third-order valence-corrected chi connectivity index (χ3v) is 19.2. The highest BCUT2D eigenvalue weighted by molar-refractivity contribution is 6.78. The predicted molar refractivity (Wildman–Crippen MR) is 148 cm³/mol. The van der Waals surface area contributed by atoms with E-state index in [9.17, 15) is 4.79 Å². The molecule has 0 radical (unpaired) electrons. The van der Waals surface area contributed by atoms with E-state index < -0.39 is 16.6 Å². The zero-order valence-electron chi connectivity index (χ0n) is 24.3. The van der Waals surface area contributed by atoms with Gasteiger partial charge < -0.3 is 13.6 Å². The van der Waals surface area contributed by atoms with E-state index in [1.165, 1.54) is 12.7 Å². The van der Waals surface area contributed by atoms with E-state index in [0.717, 1.165) is 42.8 Å². The third kappa shape index (κ3) is 5.38. The van der Waals surface area contributed by atoms with Gasteiger partial charge in [0.25, 0.3) is 8.32 Å². The highest BCUT2D eigenvalue weighted by atomic mass is 28.4. The third-order valence-electron chi connectivity index (χ3n) is 8.85. The first-order valence-electron chi connectivity index (χ1n) is 13.4. The molecule has 2 aliphatic carbocycles. The summed E-state index contributed by atoms with van der Waals surface area (Å²) in [6, 6.07) is 0. The van der Waals surface area contributed by atoms with E-state index in [1.54, 1.807) is 0 Å². The smallest absolute Gasteiger partial charge is 0.337 e. The van der Waals surface area contributed by atoms with Crippen LogP contribution in [0.2, 0.25) is 34.8 Å². The molecule has 0 N–H and O–H groups in total. The van der Waals surface area contributed by atoms with E-state index >= 15 is 0 Å². The van der Waals surface area contributed by atoms with Crippen LogP contribution in [-0.2, 0) is 18.4 Å². The van der Waals surface area contributed by atoms with Crippen LogP contribution in [0.25, 0.3) is 0 Å². The van der Waals surface area contributed by atoms with Crippen molar-refractivity contribution >= 4 is 22.6 Å². The van der Waals surface area contributed by atoms with E-state index in [4.69, 9.17) is 13.6 Å². The average molecular weight is 509 g/mol. The van der Waals surface area contributed by atoms with Gasteiger partial charge in [0.05, 0.1) is 24.2 Å². The van der Waals surface area contributed by atoms with Gasteiger partial charge in [-0.15, -0.1) is 0 Å². The highest BCUT2D eigenvalue weighted by Crippen LogP contribution is 2.51. The largest absolute Gasteiger partial charge is 0.546 e. The van der Waals surface area contributed by atoms with E-state index in [-0.39, 0.29) is 22.8 Å². The lowest BCUT2D eigenvalue weighted by Gasteiger charge is -2.44. The Morgan fingerprint density at radius 2 is 1.50 bits per heavy atom. The molecule has 0 spiro atoms. The first-order chi connectivity index (χ1) is 15.5. The molecule has 0 amide bonds. The van der Waals surface area contributed by atoms with E-state index in [0.29, 0.717) is 16.6 Å². The number of fused-ring (bicyclic) bond motifs is 1. The molecule has 4 nitrogen and oxygen atoms in total. The Balaban J connectivity index is 2.67. The number of hydrogen-bond acceptors (Lipinski definition) is 4. The Bertz CT molecular complexity index is 793. The van der Waals surface area contributed by atoms with Gasteiger partial charge in [-0.25, -0.2) is 4.79 Å². The lowest BCUT2D eigenvalue weighted by Crippen LogP contribution is -2.47. The Kier molecular flexibility index (Phi) is 9.05. The normalized spacial score (nSPS) is 22.5. The van der Waals surface area contributed by atoms with Gasteiger partial charge in [-0.05, 0) is 59.6 Å². The number of rotatable bonds is 8. The van der Waals surface area contributed by atoms with Crippen LogP contribution in [0.3, 0.4) is 0 Å². The molecule has 0 unspecified atom stereocenters. The van der Waals surface area contributed by atoms with Gasteiger partial charge in [-0.3, -0.25) is 0 Å². The lowest BCUT2D eigenvalue weighted by molar-refractivity contribution is -0.136. The van der Waals surface area contributed by atoms with Crippen molar-refractivity contribution in [3.63, 3.8) is 0 Å². The van der Waals surface area contributed by atoms with Crippen molar-refractivity contribution in [1.82, 2.24) is 0 Å². The minimum absolute atomic E-state index is 0.0466. The first-order valence-corrected chi connectivity index (χ1v) is 18.5. The van der Waals surface area contributed by atoms with Crippen LogP contribution in [-0.4, -0.2) is 29.7 Å². The molecule has 2 atom stereocenters. The molecule has 34 heavy (non-hydrogen) atoms. The number of esters is 1. The first kappa shape index (κ1) is 29.2. The van der Waals surface area contributed by atoms with Gasteiger partial charge >= 0.3 is 5.97 Å². The molecule has 1 saturated carbocycles. The topological polar surface area (TPSA) is 44.8 Å². The molecule has 1 fully saturated rings. The summed E-state index contributed by atoms with van der Waals surface area (Å²) in [6.45, 7) is 27.5. The van der Waals surface area contributed by atoms with Crippen molar-refractivity contribution in [2.75, 3.05) is 7.11 Å². The molecule has 0 saturated heterocycles. The summed E-state index contributed by atoms with van der Waals surface area (Å²) >= 11 is 0. The van der Waals surface area contributed by atoms with Gasteiger partial charge in [0, 0.05) is 18.3 Å². The Hall–Kier alpha value is -1.02. The van der Waals surface area contributed by atoms with Gasteiger partial charge in [-0.2, -0.15) is 0 Å². The second kappa shape index (κ2) is 10.5. The number of hydrogen-bond donors (Lipinski definition) is 0. The number of carbonyl (C=O) groups is 1. The molecule has 6 heteroatoms. The molecule has 0 aromatic carbocycles. The molecule has 2 rings (SSSR count). The Morgan fingerprint density at radius 3 is 1.94 bits per heavy atom. The molecule has 0 aliphatic heterocycles.